The maximum Gasteiger partial charge on any atom is 0.253 e. The number of amides is 1. The van der Waals surface area contributed by atoms with E-state index in [1.807, 2.05) is 0 Å². The molecule has 0 saturated carbocycles. The van der Waals surface area contributed by atoms with Gasteiger partial charge >= 0.3 is 0 Å². The predicted octanol–water partition coefficient (Wildman–Crippen LogP) is 3.18. The lowest BCUT2D eigenvalue weighted by atomic mass is 10.1. The molecule has 0 saturated heterocycles. The van der Waals surface area contributed by atoms with Crippen molar-refractivity contribution in [3.63, 3.8) is 0 Å². The molecule has 3 N–H and O–H groups in total. The van der Waals surface area contributed by atoms with E-state index in [-0.39, 0.29) is 16.8 Å². The van der Waals surface area contributed by atoms with Crippen LogP contribution in [0.3, 0.4) is 0 Å². The van der Waals surface area contributed by atoms with Crippen molar-refractivity contribution in [2.75, 3.05) is 5.73 Å². The molecule has 0 aliphatic carbocycles. The van der Waals surface area contributed by atoms with Crippen molar-refractivity contribution in [3.8, 4) is 0 Å². The third-order valence-electron chi connectivity index (χ3n) is 3.03. The van der Waals surface area contributed by atoms with Crippen LogP contribution in [-0.4, -0.2) is 5.91 Å². The van der Waals surface area contributed by atoms with Crippen LogP contribution in [0.1, 0.15) is 28.9 Å². The molecule has 0 bridgehead atoms. The van der Waals surface area contributed by atoms with Gasteiger partial charge in [-0.15, -0.1) is 0 Å². The highest BCUT2D eigenvalue weighted by molar-refractivity contribution is 5.99. The first-order valence-corrected chi connectivity index (χ1v) is 6.19. The monoisotopic (exact) mass is 294 g/mol. The first-order valence-electron chi connectivity index (χ1n) is 6.19. The molecule has 2 rings (SSSR count). The Hall–Kier alpha value is -2.50. The van der Waals surface area contributed by atoms with Gasteiger partial charge in [-0.1, -0.05) is 0 Å². The molecule has 0 fully saturated rings. The van der Waals surface area contributed by atoms with Crippen LogP contribution in [0, 0.1) is 17.5 Å². The number of nitrogens with one attached hydrogen (secondary N) is 1. The van der Waals surface area contributed by atoms with Crippen molar-refractivity contribution < 1.29 is 18.0 Å². The molecule has 6 heteroatoms. The number of nitrogens with two attached hydrogens (primary N) is 1. The summed E-state index contributed by atoms with van der Waals surface area (Å²) in [6, 6.07) is 5.53. The molecule has 0 radical (unpaired) electrons. The highest BCUT2D eigenvalue weighted by Gasteiger charge is 2.17. The van der Waals surface area contributed by atoms with Crippen molar-refractivity contribution in [2.24, 2.45) is 0 Å². The van der Waals surface area contributed by atoms with Crippen LogP contribution in [0.2, 0.25) is 0 Å². The SMILES string of the molecule is CC(NC(=O)c1cc(F)ccc1N)c1cc(F)ccc1F. The normalized spacial score (nSPS) is 12.0. The molecule has 3 nitrogen and oxygen atoms in total. The average Bonchev–Trinajstić information content (AvgIpc) is 2.43. The first-order chi connectivity index (χ1) is 9.88. The largest absolute Gasteiger partial charge is 0.398 e. The van der Waals surface area contributed by atoms with Crippen LogP contribution >= 0.6 is 0 Å². The quantitative estimate of drug-likeness (QED) is 0.854. The van der Waals surface area contributed by atoms with Crippen LogP contribution in [0.5, 0.6) is 0 Å². The van der Waals surface area contributed by atoms with Crippen molar-refractivity contribution in [1.82, 2.24) is 5.32 Å². The summed E-state index contributed by atoms with van der Waals surface area (Å²) in [4.78, 5) is 12.0. The van der Waals surface area contributed by atoms with Gasteiger partial charge in [0.05, 0.1) is 11.6 Å². The summed E-state index contributed by atoms with van der Waals surface area (Å²) >= 11 is 0. The van der Waals surface area contributed by atoms with Crippen molar-refractivity contribution in [3.05, 3.63) is 65.0 Å². The molecular weight excluding hydrogens is 281 g/mol. The van der Waals surface area contributed by atoms with Crippen LogP contribution in [-0.2, 0) is 0 Å². The van der Waals surface area contributed by atoms with Gasteiger partial charge in [-0.25, -0.2) is 13.2 Å². The van der Waals surface area contributed by atoms with E-state index in [9.17, 15) is 18.0 Å². The number of carbonyl (C=O) groups is 1. The Labute approximate surface area is 119 Å². The van der Waals surface area contributed by atoms with Gasteiger partial charge < -0.3 is 11.1 Å². The fourth-order valence-electron chi connectivity index (χ4n) is 1.92. The number of halogens is 3. The zero-order valence-corrected chi connectivity index (χ0v) is 11.2. The fraction of sp³-hybridized carbons (Fsp3) is 0.133. The third-order valence-corrected chi connectivity index (χ3v) is 3.03. The van der Waals surface area contributed by atoms with Crippen LogP contribution < -0.4 is 11.1 Å². The van der Waals surface area contributed by atoms with Gasteiger partial charge in [0.25, 0.3) is 5.91 Å². The Morgan fingerprint density at radius 2 is 1.71 bits per heavy atom. The fourth-order valence-corrected chi connectivity index (χ4v) is 1.92. The van der Waals surface area contributed by atoms with Crippen LogP contribution in [0.4, 0.5) is 18.9 Å². The molecular formula is C15H13F3N2O. The van der Waals surface area contributed by atoms with Gasteiger partial charge in [0.2, 0.25) is 0 Å². The van der Waals surface area contributed by atoms with E-state index in [0.717, 1.165) is 30.3 Å². The van der Waals surface area contributed by atoms with E-state index in [1.165, 1.54) is 13.0 Å². The lowest BCUT2D eigenvalue weighted by Gasteiger charge is -2.16. The smallest absolute Gasteiger partial charge is 0.253 e. The summed E-state index contributed by atoms with van der Waals surface area (Å²) in [7, 11) is 0. The molecule has 110 valence electrons. The molecule has 0 spiro atoms. The van der Waals surface area contributed by atoms with Crippen molar-refractivity contribution in [1.29, 1.82) is 0 Å². The van der Waals surface area contributed by atoms with Crippen LogP contribution in [0.15, 0.2) is 36.4 Å². The molecule has 0 heterocycles. The Bertz CT molecular complexity index is 689. The van der Waals surface area contributed by atoms with E-state index in [2.05, 4.69) is 5.32 Å². The number of benzene rings is 2. The number of nitrogen functional groups attached to an aromatic ring is 1. The van der Waals surface area contributed by atoms with E-state index in [0.29, 0.717) is 0 Å². The average molecular weight is 294 g/mol. The van der Waals surface area contributed by atoms with Gasteiger partial charge in [-0.3, -0.25) is 4.79 Å². The third kappa shape index (κ3) is 3.34. The minimum absolute atomic E-state index is 0.00155. The molecule has 1 amide bonds. The van der Waals surface area contributed by atoms with Gasteiger partial charge in [0.1, 0.15) is 17.5 Å². The minimum Gasteiger partial charge on any atom is -0.398 e. The molecule has 0 aliphatic rings. The molecule has 1 atom stereocenters. The Kier molecular flexibility index (Phi) is 4.16. The van der Waals surface area contributed by atoms with Gasteiger partial charge in [0, 0.05) is 11.3 Å². The van der Waals surface area contributed by atoms with E-state index < -0.39 is 29.4 Å². The number of hydrogen-bond donors (Lipinski definition) is 2. The highest BCUT2D eigenvalue weighted by Crippen LogP contribution is 2.20. The maximum atomic E-state index is 13.6. The molecule has 0 aliphatic heterocycles. The van der Waals surface area contributed by atoms with Gasteiger partial charge in [0.15, 0.2) is 0 Å². The van der Waals surface area contributed by atoms with E-state index >= 15 is 0 Å². The number of carbonyl (C=O) groups excluding carboxylic acids is 1. The Morgan fingerprint density at radius 1 is 1.10 bits per heavy atom. The molecule has 1 unspecified atom stereocenters. The van der Waals surface area contributed by atoms with Gasteiger partial charge in [-0.05, 0) is 43.3 Å². The molecule has 2 aromatic rings. The zero-order valence-electron chi connectivity index (χ0n) is 11.2. The summed E-state index contributed by atoms with van der Waals surface area (Å²) in [6.45, 7) is 1.49. The second-order valence-corrected chi connectivity index (χ2v) is 4.59. The minimum atomic E-state index is -0.795. The highest BCUT2D eigenvalue weighted by atomic mass is 19.1. The van der Waals surface area contributed by atoms with E-state index in [4.69, 9.17) is 5.73 Å². The molecule has 0 aromatic heterocycles. The van der Waals surface area contributed by atoms with Crippen molar-refractivity contribution >= 4 is 11.6 Å². The summed E-state index contributed by atoms with van der Waals surface area (Å²) in [6.07, 6.45) is 0. The second kappa shape index (κ2) is 5.87. The standard InChI is InChI=1S/C15H13F3N2O/c1-8(11-6-9(16)2-4-13(11)18)20-15(21)12-7-10(17)3-5-14(12)19/h2-8H,19H2,1H3,(H,20,21). The number of anilines is 1. The first kappa shape index (κ1) is 14.9. The van der Waals surface area contributed by atoms with Crippen molar-refractivity contribution in [2.45, 2.75) is 13.0 Å². The topological polar surface area (TPSA) is 55.1 Å². The summed E-state index contributed by atoms with van der Waals surface area (Å²) in [5.74, 6) is -2.53. The van der Waals surface area contributed by atoms with Crippen LogP contribution in [0.25, 0.3) is 0 Å². The lowest BCUT2D eigenvalue weighted by Crippen LogP contribution is -2.28. The summed E-state index contributed by atoms with van der Waals surface area (Å²) in [5, 5.41) is 2.46. The second-order valence-electron chi connectivity index (χ2n) is 4.59. The zero-order chi connectivity index (χ0) is 15.6. The lowest BCUT2D eigenvalue weighted by molar-refractivity contribution is 0.0939. The van der Waals surface area contributed by atoms with E-state index in [1.54, 1.807) is 0 Å². The Morgan fingerprint density at radius 3 is 2.43 bits per heavy atom. The maximum absolute atomic E-state index is 13.6. The Balaban J connectivity index is 2.23. The summed E-state index contributed by atoms with van der Waals surface area (Å²) in [5.41, 5.74) is 5.64. The molecule has 2 aromatic carbocycles. The number of hydrogen-bond acceptors (Lipinski definition) is 2. The predicted molar refractivity (Wildman–Crippen MR) is 73.1 cm³/mol. The molecule has 21 heavy (non-hydrogen) atoms. The van der Waals surface area contributed by atoms with Gasteiger partial charge in [-0.2, -0.15) is 0 Å². The number of rotatable bonds is 3. The summed E-state index contributed by atoms with van der Waals surface area (Å²) < 4.78 is 39.9.